The van der Waals surface area contributed by atoms with E-state index in [1.807, 2.05) is 4.98 Å². The highest BCUT2D eigenvalue weighted by Crippen LogP contribution is 2.39. The number of hydrogen-bond acceptors (Lipinski definition) is 18. The molecular formula is C54H59N3O20. The Balaban J connectivity index is 1.26. The fraction of sp³-hybridized carbons (Fsp3) is 0.444. The van der Waals surface area contributed by atoms with Crippen molar-refractivity contribution in [3.05, 3.63) is 152 Å². The minimum absolute atomic E-state index is 0.0165. The summed E-state index contributed by atoms with van der Waals surface area (Å²) in [5.74, 6) is -8.90. The predicted molar refractivity (Wildman–Crippen MR) is 264 cm³/mol. The van der Waals surface area contributed by atoms with E-state index in [2.05, 4.69) is 10.3 Å². The quantitative estimate of drug-likeness (QED) is 0.0518. The van der Waals surface area contributed by atoms with Crippen molar-refractivity contribution in [1.82, 2.24) is 15.3 Å². The fourth-order valence-corrected chi connectivity index (χ4v) is 9.88. The van der Waals surface area contributed by atoms with Gasteiger partial charge in [-0.25, -0.2) is 24.0 Å². The molecule has 3 heterocycles. The predicted octanol–water partition coefficient (Wildman–Crippen LogP) is 3.82. The third kappa shape index (κ3) is 14.3. The lowest BCUT2D eigenvalue weighted by molar-refractivity contribution is -0.334. The van der Waals surface area contributed by atoms with E-state index in [1.54, 1.807) is 54.6 Å². The van der Waals surface area contributed by atoms with Gasteiger partial charge in [-0.1, -0.05) is 86.7 Å². The molecule has 410 valence electrons. The first-order chi connectivity index (χ1) is 37.0. The van der Waals surface area contributed by atoms with Crippen LogP contribution in [0.5, 0.6) is 0 Å². The Morgan fingerprint density at radius 2 is 1.32 bits per heavy atom. The number of nitrogens with one attached hydrogen (secondary N) is 3. The smallest absolute Gasteiger partial charge is 0.338 e. The van der Waals surface area contributed by atoms with Gasteiger partial charge in [0.1, 0.15) is 42.5 Å². The second-order valence-corrected chi connectivity index (χ2v) is 19.3. The van der Waals surface area contributed by atoms with Crippen LogP contribution in [0.2, 0.25) is 0 Å². The van der Waals surface area contributed by atoms with Gasteiger partial charge in [-0.05, 0) is 74.6 Å². The maximum absolute atomic E-state index is 14.4. The number of amides is 1. The van der Waals surface area contributed by atoms with Gasteiger partial charge in [-0.3, -0.25) is 19.4 Å². The molecule has 7 N–H and O–H groups in total. The van der Waals surface area contributed by atoms with Gasteiger partial charge in [0.2, 0.25) is 6.29 Å². The van der Waals surface area contributed by atoms with Gasteiger partial charge in [0.15, 0.2) is 24.6 Å². The summed E-state index contributed by atoms with van der Waals surface area (Å²) in [4.78, 5) is 111. The summed E-state index contributed by atoms with van der Waals surface area (Å²) in [7, 11) is 0. The van der Waals surface area contributed by atoms with Crippen LogP contribution in [0, 0.1) is 11.8 Å². The van der Waals surface area contributed by atoms with E-state index in [-0.39, 0.29) is 29.0 Å². The van der Waals surface area contributed by atoms with Crippen LogP contribution < -0.4 is 16.6 Å². The van der Waals surface area contributed by atoms with Crippen molar-refractivity contribution in [3.63, 3.8) is 0 Å². The van der Waals surface area contributed by atoms with E-state index >= 15 is 0 Å². The standard InChI is InChI=1S/C54H59N3O20/c1-28-36(58)26-37(59)52(71-28)77-42-34(55-46(61)35-25-41(60)57-54(69)56-35)23-33(47(62)63)24-38(42)73-53-45(76-51(68)32-20-12-5-13-21-32)44(72-39(48(64)65)22-29-14-6-2-7-15-29)43(75-50(67)31-18-10-4-11-19-31)40(74-53)27-70-49(66)30-16-8-3-9-17-30/h3-5,8-13,16-21,25-26,28-29,33-34,36,38-40,42-45,52-53,58-59H,2,6-7,14-15,22-24,27H2,1H3,(H,55,61)(H,62,63)(H,64,65)(H2,56,57,60,69)/t28?,33?,34?,36?,38?,39-,40?,42?,43?,44?,45?,52?,53?/m0/s1. The third-order valence-electron chi connectivity index (χ3n) is 13.8. The first kappa shape index (κ1) is 55.7. The molecule has 2 aliphatic heterocycles. The number of hydrogen-bond donors (Lipinski definition) is 7. The summed E-state index contributed by atoms with van der Waals surface area (Å²) in [6.45, 7) is 0.720. The van der Waals surface area contributed by atoms with E-state index in [1.165, 1.54) is 43.3 Å². The van der Waals surface area contributed by atoms with E-state index in [0.29, 0.717) is 12.8 Å². The lowest BCUT2D eigenvalue weighted by Gasteiger charge is -2.48. The number of carboxylic acid groups (broad SMARTS) is 2. The van der Waals surface area contributed by atoms with Crippen LogP contribution in [-0.2, 0) is 47.5 Å². The maximum Gasteiger partial charge on any atom is 0.338 e. The molecular weight excluding hydrogens is 1010 g/mol. The van der Waals surface area contributed by atoms with Crippen LogP contribution in [0.4, 0.5) is 0 Å². The normalized spacial score (nSPS) is 27.9. The number of aliphatic carboxylic acids is 2. The Bertz CT molecular complexity index is 2830. The number of ether oxygens (including phenoxy) is 8. The summed E-state index contributed by atoms with van der Waals surface area (Å²) in [6.07, 6.45) is -14.0. The molecule has 77 heavy (non-hydrogen) atoms. The summed E-state index contributed by atoms with van der Waals surface area (Å²) >= 11 is 0. The molecule has 0 radical (unpaired) electrons. The molecule has 2 saturated carbocycles. The highest BCUT2D eigenvalue weighted by atomic mass is 16.8. The van der Waals surface area contributed by atoms with Crippen LogP contribution in [0.3, 0.4) is 0 Å². The van der Waals surface area contributed by atoms with Crippen molar-refractivity contribution >= 4 is 35.8 Å². The molecule has 3 fully saturated rings. The topological polar surface area (TPSA) is 335 Å². The molecule has 3 aromatic carbocycles. The van der Waals surface area contributed by atoms with Crippen LogP contribution in [0.1, 0.15) is 99.9 Å². The highest BCUT2D eigenvalue weighted by Gasteiger charge is 2.56. The number of carbonyl (C=O) groups excluding carboxylic acids is 4. The van der Waals surface area contributed by atoms with Crippen molar-refractivity contribution in [3.8, 4) is 0 Å². The number of aliphatic hydroxyl groups excluding tert-OH is 2. The third-order valence-corrected chi connectivity index (χ3v) is 13.8. The molecule has 23 nitrogen and oxygen atoms in total. The molecule has 4 aromatic rings. The molecule has 1 amide bonds. The number of H-pyrrole nitrogens is 2. The number of esters is 3. The number of benzene rings is 3. The van der Waals surface area contributed by atoms with Crippen LogP contribution in [0.25, 0.3) is 0 Å². The number of aromatic nitrogens is 2. The second-order valence-electron chi connectivity index (χ2n) is 19.3. The average molecular weight is 1070 g/mol. The first-order valence-corrected chi connectivity index (χ1v) is 25.2. The molecule has 12 unspecified atom stereocenters. The lowest BCUT2D eigenvalue weighted by Crippen LogP contribution is -2.65. The van der Waals surface area contributed by atoms with Crippen LogP contribution in [-0.4, -0.2) is 146 Å². The van der Waals surface area contributed by atoms with Gasteiger partial charge in [0, 0.05) is 6.07 Å². The Labute approximate surface area is 439 Å². The van der Waals surface area contributed by atoms with Crippen molar-refractivity contribution in [2.24, 2.45) is 11.8 Å². The second kappa shape index (κ2) is 25.5. The Morgan fingerprint density at radius 1 is 0.727 bits per heavy atom. The number of aliphatic hydroxyl groups is 2. The zero-order chi connectivity index (χ0) is 54.8. The Hall–Kier alpha value is -7.54. The van der Waals surface area contributed by atoms with Crippen LogP contribution >= 0.6 is 0 Å². The summed E-state index contributed by atoms with van der Waals surface area (Å²) < 4.78 is 50.4. The zero-order valence-electron chi connectivity index (χ0n) is 41.6. The van der Waals surface area contributed by atoms with Gasteiger partial charge < -0.3 is 68.6 Å². The Kier molecular flexibility index (Phi) is 18.5. The van der Waals surface area contributed by atoms with Crippen molar-refractivity contribution < 1.29 is 87.1 Å². The molecule has 8 rings (SSSR count). The average Bonchev–Trinajstić information content (AvgIpc) is 3.45. The molecule has 1 saturated heterocycles. The maximum atomic E-state index is 14.4. The monoisotopic (exact) mass is 1070 g/mol. The van der Waals surface area contributed by atoms with Crippen molar-refractivity contribution in [1.29, 1.82) is 0 Å². The van der Waals surface area contributed by atoms with Crippen molar-refractivity contribution in [2.75, 3.05) is 6.61 Å². The van der Waals surface area contributed by atoms with E-state index in [9.17, 15) is 58.8 Å². The lowest BCUT2D eigenvalue weighted by atomic mass is 9.81. The minimum Gasteiger partial charge on any atom is -0.507 e. The van der Waals surface area contributed by atoms with E-state index < -0.39 is 157 Å². The number of aromatic amines is 2. The zero-order valence-corrected chi connectivity index (χ0v) is 41.6. The fourth-order valence-electron chi connectivity index (χ4n) is 9.88. The molecule has 0 spiro atoms. The van der Waals surface area contributed by atoms with Gasteiger partial charge in [0.25, 0.3) is 11.5 Å². The van der Waals surface area contributed by atoms with Gasteiger partial charge in [-0.15, -0.1) is 0 Å². The van der Waals surface area contributed by atoms with Gasteiger partial charge in [0.05, 0.1) is 40.9 Å². The Morgan fingerprint density at radius 3 is 1.91 bits per heavy atom. The van der Waals surface area contributed by atoms with E-state index in [0.717, 1.165) is 31.4 Å². The minimum atomic E-state index is -2.01. The molecule has 23 heteroatoms. The highest BCUT2D eigenvalue weighted by molar-refractivity contribution is 5.92. The SMILES string of the molecule is CC1OC(OC2C(NC(=O)c3cc(=O)[nH]c(=O)[nH]3)CC(C(=O)O)CC2OC2OC(COC(=O)c3ccccc3)C(OC(=O)c3ccccc3)C(O[C@@H](CC3CCCCC3)C(=O)O)C2OC(=O)c2ccccc2)C(O)=CC1O. The molecule has 4 aliphatic rings. The van der Waals surface area contributed by atoms with Gasteiger partial charge in [-0.2, -0.15) is 0 Å². The number of carbonyl (C=O) groups is 6. The summed E-state index contributed by atoms with van der Waals surface area (Å²) in [5, 5.41) is 45.7. The largest absolute Gasteiger partial charge is 0.507 e. The summed E-state index contributed by atoms with van der Waals surface area (Å²) in [6, 6.07) is 22.4. The van der Waals surface area contributed by atoms with Crippen molar-refractivity contribution in [2.45, 2.75) is 132 Å². The first-order valence-electron chi connectivity index (χ1n) is 25.2. The van der Waals surface area contributed by atoms with Gasteiger partial charge >= 0.3 is 35.5 Å². The van der Waals surface area contributed by atoms with Crippen LogP contribution in [0.15, 0.2) is 118 Å². The molecule has 1 aromatic heterocycles. The molecule has 13 atom stereocenters. The number of carboxylic acids is 2. The van der Waals surface area contributed by atoms with E-state index in [4.69, 9.17) is 37.9 Å². The summed E-state index contributed by atoms with van der Waals surface area (Å²) in [5.41, 5.74) is -2.39. The molecule has 0 bridgehead atoms. The molecule has 2 aliphatic carbocycles. The number of rotatable bonds is 19.